The predicted molar refractivity (Wildman–Crippen MR) is 104 cm³/mol. The van der Waals surface area contributed by atoms with Crippen molar-refractivity contribution in [2.45, 2.75) is 13.8 Å². The number of carbonyl (C=O) groups is 1. The summed E-state index contributed by atoms with van der Waals surface area (Å²) in [6.45, 7) is 4.05. The first-order valence-electron chi connectivity index (χ1n) is 8.53. The minimum atomic E-state index is -0.111. The largest absolute Gasteiger partial charge is 0.322 e. The Morgan fingerprint density at radius 3 is 2.65 bits per heavy atom. The molecule has 1 amide bonds. The van der Waals surface area contributed by atoms with Crippen LogP contribution in [-0.4, -0.2) is 15.3 Å². The summed E-state index contributed by atoms with van der Waals surface area (Å²) in [5.41, 5.74) is 6.43. The number of rotatable bonds is 3. The van der Waals surface area contributed by atoms with Crippen LogP contribution in [0.5, 0.6) is 0 Å². The van der Waals surface area contributed by atoms with E-state index in [4.69, 9.17) is 0 Å². The van der Waals surface area contributed by atoms with Crippen molar-refractivity contribution in [2.75, 3.05) is 5.32 Å². The number of benzene rings is 2. The molecule has 4 heteroatoms. The van der Waals surface area contributed by atoms with Gasteiger partial charge in [0.05, 0.1) is 5.69 Å². The van der Waals surface area contributed by atoms with Crippen molar-refractivity contribution >= 4 is 17.2 Å². The summed E-state index contributed by atoms with van der Waals surface area (Å²) in [6.07, 6.45) is 3.96. The van der Waals surface area contributed by atoms with E-state index in [0.717, 1.165) is 28.2 Å². The molecule has 0 spiro atoms. The van der Waals surface area contributed by atoms with Crippen molar-refractivity contribution < 1.29 is 4.79 Å². The van der Waals surface area contributed by atoms with Crippen molar-refractivity contribution in [1.82, 2.24) is 9.38 Å². The Morgan fingerprint density at radius 2 is 1.85 bits per heavy atom. The van der Waals surface area contributed by atoms with Crippen LogP contribution in [0.25, 0.3) is 16.9 Å². The predicted octanol–water partition coefficient (Wildman–Crippen LogP) is 4.87. The van der Waals surface area contributed by atoms with Crippen LogP contribution < -0.4 is 5.32 Å². The number of aromatic nitrogens is 2. The van der Waals surface area contributed by atoms with Crippen LogP contribution >= 0.6 is 0 Å². The Kier molecular flexibility index (Phi) is 4.01. The number of hydrogen-bond acceptors (Lipinski definition) is 2. The molecule has 0 aliphatic rings. The molecular weight excluding hydrogens is 322 g/mol. The molecule has 2 aromatic heterocycles. The number of anilines is 1. The summed E-state index contributed by atoms with van der Waals surface area (Å²) in [4.78, 5) is 17.2. The Balaban J connectivity index is 1.61. The molecule has 4 aromatic rings. The molecule has 0 aliphatic heterocycles. The first-order valence-corrected chi connectivity index (χ1v) is 8.53. The molecule has 0 radical (unpaired) electrons. The van der Waals surface area contributed by atoms with Gasteiger partial charge in [0, 0.05) is 29.2 Å². The van der Waals surface area contributed by atoms with Crippen molar-refractivity contribution in [1.29, 1.82) is 0 Å². The third-order valence-corrected chi connectivity index (χ3v) is 4.55. The van der Waals surface area contributed by atoms with E-state index in [2.05, 4.69) is 10.3 Å². The van der Waals surface area contributed by atoms with E-state index < -0.39 is 0 Å². The fraction of sp³-hybridized carbons (Fsp3) is 0.0909. The zero-order valence-electron chi connectivity index (χ0n) is 14.7. The molecule has 26 heavy (non-hydrogen) atoms. The van der Waals surface area contributed by atoms with Crippen molar-refractivity contribution in [2.24, 2.45) is 0 Å². The summed E-state index contributed by atoms with van der Waals surface area (Å²) in [6, 6.07) is 19.4. The number of amides is 1. The van der Waals surface area contributed by atoms with E-state index in [0.29, 0.717) is 5.56 Å². The minimum Gasteiger partial charge on any atom is -0.322 e. The molecule has 2 aromatic carbocycles. The fourth-order valence-electron chi connectivity index (χ4n) is 2.92. The van der Waals surface area contributed by atoms with Crippen LogP contribution in [0.2, 0.25) is 0 Å². The second-order valence-corrected chi connectivity index (χ2v) is 6.43. The molecule has 0 bridgehead atoms. The average molecular weight is 341 g/mol. The number of nitrogens with one attached hydrogen (secondary N) is 1. The standard InChI is InChI=1S/C22H19N3O/c1-15-9-10-18(12-16(15)2)22(26)23-19-7-5-6-17(13-19)20-14-25-11-4-3-8-21(25)24-20/h3-14H,1-2H3,(H,23,26). The Hall–Kier alpha value is -3.40. The van der Waals surface area contributed by atoms with Crippen molar-refractivity contribution in [3.8, 4) is 11.3 Å². The smallest absolute Gasteiger partial charge is 0.255 e. The number of pyridine rings is 1. The lowest BCUT2D eigenvalue weighted by atomic mass is 10.1. The number of carbonyl (C=O) groups excluding carboxylic acids is 1. The highest BCUT2D eigenvalue weighted by Crippen LogP contribution is 2.23. The van der Waals surface area contributed by atoms with Gasteiger partial charge in [0.25, 0.3) is 5.91 Å². The van der Waals surface area contributed by atoms with E-state index in [1.165, 1.54) is 5.56 Å². The van der Waals surface area contributed by atoms with Gasteiger partial charge in [-0.1, -0.05) is 24.3 Å². The summed E-state index contributed by atoms with van der Waals surface area (Å²) in [5.74, 6) is -0.111. The first kappa shape index (κ1) is 16.1. The van der Waals surface area contributed by atoms with E-state index in [1.54, 1.807) is 0 Å². The molecule has 0 saturated carbocycles. The molecule has 128 valence electrons. The van der Waals surface area contributed by atoms with Gasteiger partial charge in [0.2, 0.25) is 0 Å². The van der Waals surface area contributed by atoms with Gasteiger partial charge < -0.3 is 9.72 Å². The van der Waals surface area contributed by atoms with Gasteiger partial charge in [-0.15, -0.1) is 0 Å². The lowest BCUT2D eigenvalue weighted by Gasteiger charge is -2.08. The normalized spacial score (nSPS) is 10.8. The van der Waals surface area contributed by atoms with E-state index in [1.807, 2.05) is 91.3 Å². The Bertz CT molecular complexity index is 1080. The van der Waals surface area contributed by atoms with Gasteiger partial charge in [-0.25, -0.2) is 4.98 Å². The second-order valence-electron chi connectivity index (χ2n) is 6.43. The molecule has 0 aliphatic carbocycles. The quantitative estimate of drug-likeness (QED) is 0.578. The van der Waals surface area contributed by atoms with Crippen molar-refractivity contribution in [3.05, 3.63) is 89.7 Å². The summed E-state index contributed by atoms with van der Waals surface area (Å²) in [5, 5.41) is 2.98. The zero-order valence-corrected chi connectivity index (χ0v) is 14.7. The summed E-state index contributed by atoms with van der Waals surface area (Å²) in [7, 11) is 0. The molecule has 0 atom stereocenters. The first-order chi connectivity index (χ1) is 12.6. The molecule has 2 heterocycles. The lowest BCUT2D eigenvalue weighted by molar-refractivity contribution is 0.102. The van der Waals surface area contributed by atoms with E-state index in [-0.39, 0.29) is 5.91 Å². The molecule has 0 unspecified atom stereocenters. The van der Waals surface area contributed by atoms with Crippen LogP contribution in [0.3, 0.4) is 0 Å². The maximum atomic E-state index is 12.5. The van der Waals surface area contributed by atoms with Gasteiger partial charge in [-0.2, -0.15) is 0 Å². The highest BCUT2D eigenvalue weighted by atomic mass is 16.1. The molecule has 0 saturated heterocycles. The number of aryl methyl sites for hydroxylation is 2. The van der Waals surface area contributed by atoms with E-state index in [9.17, 15) is 4.79 Å². The van der Waals surface area contributed by atoms with Gasteiger partial charge >= 0.3 is 0 Å². The summed E-state index contributed by atoms with van der Waals surface area (Å²) >= 11 is 0. The monoisotopic (exact) mass is 341 g/mol. The third kappa shape index (κ3) is 3.09. The fourth-order valence-corrected chi connectivity index (χ4v) is 2.92. The van der Waals surface area contributed by atoms with E-state index >= 15 is 0 Å². The van der Waals surface area contributed by atoms with Gasteiger partial charge in [-0.05, 0) is 61.4 Å². The highest BCUT2D eigenvalue weighted by Gasteiger charge is 2.09. The molecule has 0 fully saturated rings. The van der Waals surface area contributed by atoms with Crippen molar-refractivity contribution in [3.63, 3.8) is 0 Å². The van der Waals surface area contributed by atoms with Gasteiger partial charge in [0.15, 0.2) is 0 Å². The lowest BCUT2D eigenvalue weighted by Crippen LogP contribution is -2.12. The molecule has 4 rings (SSSR count). The van der Waals surface area contributed by atoms with Gasteiger partial charge in [0.1, 0.15) is 5.65 Å². The van der Waals surface area contributed by atoms with Crippen LogP contribution in [0.4, 0.5) is 5.69 Å². The number of nitrogens with zero attached hydrogens (tertiary/aromatic N) is 2. The Labute approximate surface area is 152 Å². The number of imidazole rings is 1. The summed E-state index contributed by atoms with van der Waals surface area (Å²) < 4.78 is 1.98. The minimum absolute atomic E-state index is 0.111. The average Bonchev–Trinajstić information content (AvgIpc) is 3.08. The third-order valence-electron chi connectivity index (χ3n) is 4.55. The van der Waals surface area contributed by atoms with Crippen LogP contribution in [0.15, 0.2) is 73.1 Å². The maximum Gasteiger partial charge on any atom is 0.255 e. The Morgan fingerprint density at radius 1 is 0.962 bits per heavy atom. The zero-order chi connectivity index (χ0) is 18.1. The van der Waals surface area contributed by atoms with Gasteiger partial charge in [-0.3, -0.25) is 4.79 Å². The number of fused-ring (bicyclic) bond motifs is 1. The van der Waals surface area contributed by atoms with Crippen LogP contribution in [0.1, 0.15) is 21.5 Å². The molecular formula is C22H19N3O. The highest BCUT2D eigenvalue weighted by molar-refractivity contribution is 6.04. The molecule has 4 nitrogen and oxygen atoms in total. The van der Waals surface area contributed by atoms with Crippen LogP contribution in [-0.2, 0) is 0 Å². The number of hydrogen-bond donors (Lipinski definition) is 1. The topological polar surface area (TPSA) is 46.4 Å². The second kappa shape index (κ2) is 6.48. The molecule has 1 N–H and O–H groups in total. The van der Waals surface area contributed by atoms with Crippen LogP contribution in [0, 0.1) is 13.8 Å². The maximum absolute atomic E-state index is 12.5. The SMILES string of the molecule is Cc1ccc(C(=O)Nc2cccc(-c3cn4ccccc4n3)c2)cc1C.